The second-order valence-corrected chi connectivity index (χ2v) is 8.32. The van der Waals surface area contributed by atoms with E-state index < -0.39 is 0 Å². The van der Waals surface area contributed by atoms with Gasteiger partial charge < -0.3 is 10.2 Å². The molecular formula is C25H32O2. The van der Waals surface area contributed by atoms with Crippen molar-refractivity contribution < 1.29 is 10.2 Å². The van der Waals surface area contributed by atoms with E-state index in [1.54, 1.807) is 0 Å². The maximum Gasteiger partial charge on any atom is 0.122 e. The summed E-state index contributed by atoms with van der Waals surface area (Å²) in [6.07, 6.45) is 6.71. The fraction of sp³-hybridized carbons (Fsp3) is 0.440. The van der Waals surface area contributed by atoms with Crippen molar-refractivity contribution >= 4 is 0 Å². The standard InChI is InChI=1S/C25H32O2/c1-6-19-8-7-9-20(14-19)23(21-12-15(2)10-17(4)24(21)26)22-13-16(3)11-18(5)25(22)27/h6,10-13,20,23,26-27H,7-9,14H2,1-5H3. The number of hydrogen-bond donors (Lipinski definition) is 2. The molecule has 1 atom stereocenters. The van der Waals surface area contributed by atoms with Crippen LogP contribution in [0.4, 0.5) is 0 Å². The van der Waals surface area contributed by atoms with Crippen LogP contribution in [0.1, 0.15) is 71.9 Å². The van der Waals surface area contributed by atoms with E-state index in [-0.39, 0.29) is 5.92 Å². The van der Waals surface area contributed by atoms with E-state index in [4.69, 9.17) is 0 Å². The summed E-state index contributed by atoms with van der Waals surface area (Å²) in [4.78, 5) is 0. The maximum absolute atomic E-state index is 10.9. The third kappa shape index (κ3) is 3.90. The van der Waals surface area contributed by atoms with E-state index >= 15 is 0 Å². The summed E-state index contributed by atoms with van der Waals surface area (Å²) in [5.74, 6) is 1.12. The Hall–Kier alpha value is -2.22. The Bertz CT molecular complexity index is 819. The first-order valence-electron chi connectivity index (χ1n) is 10.1. The Morgan fingerprint density at radius 3 is 1.89 bits per heavy atom. The van der Waals surface area contributed by atoms with E-state index in [9.17, 15) is 10.2 Å². The van der Waals surface area contributed by atoms with E-state index in [1.165, 1.54) is 5.57 Å². The monoisotopic (exact) mass is 364 g/mol. The molecule has 0 aromatic heterocycles. The summed E-state index contributed by atoms with van der Waals surface area (Å²) in [6.45, 7) is 10.2. The van der Waals surface area contributed by atoms with Crippen molar-refractivity contribution in [3.8, 4) is 11.5 Å². The van der Waals surface area contributed by atoms with Crippen molar-refractivity contribution in [2.24, 2.45) is 5.92 Å². The number of rotatable bonds is 3. The molecule has 0 bridgehead atoms. The Morgan fingerprint density at radius 1 is 0.889 bits per heavy atom. The second kappa shape index (κ2) is 7.80. The molecule has 0 radical (unpaired) electrons. The van der Waals surface area contributed by atoms with Gasteiger partial charge >= 0.3 is 0 Å². The summed E-state index contributed by atoms with van der Waals surface area (Å²) in [5, 5.41) is 21.9. The number of aryl methyl sites for hydroxylation is 4. The zero-order valence-electron chi connectivity index (χ0n) is 17.3. The molecule has 2 nitrogen and oxygen atoms in total. The molecule has 1 aliphatic rings. The molecule has 0 saturated heterocycles. The van der Waals surface area contributed by atoms with E-state index in [0.717, 1.165) is 59.1 Å². The number of allylic oxidation sites excluding steroid dienone is 2. The summed E-state index contributed by atoms with van der Waals surface area (Å²) >= 11 is 0. The third-order valence-corrected chi connectivity index (χ3v) is 6.10. The molecule has 2 aromatic carbocycles. The molecule has 0 amide bonds. The van der Waals surface area contributed by atoms with Gasteiger partial charge in [0.25, 0.3) is 0 Å². The minimum atomic E-state index is -0.00236. The van der Waals surface area contributed by atoms with E-state index in [0.29, 0.717) is 17.4 Å². The lowest BCUT2D eigenvalue weighted by atomic mass is 9.71. The molecule has 2 N–H and O–H groups in total. The summed E-state index contributed by atoms with van der Waals surface area (Å²) < 4.78 is 0. The van der Waals surface area contributed by atoms with Crippen molar-refractivity contribution in [2.75, 3.05) is 0 Å². The van der Waals surface area contributed by atoms with Gasteiger partial charge in [-0.3, -0.25) is 0 Å². The molecular weight excluding hydrogens is 332 g/mol. The Labute approximate surface area is 163 Å². The van der Waals surface area contributed by atoms with Crippen molar-refractivity contribution in [3.05, 3.63) is 69.3 Å². The van der Waals surface area contributed by atoms with Crippen LogP contribution in [-0.4, -0.2) is 10.2 Å². The number of benzene rings is 2. The Morgan fingerprint density at radius 2 is 1.41 bits per heavy atom. The van der Waals surface area contributed by atoms with Gasteiger partial charge in [-0.25, -0.2) is 0 Å². The van der Waals surface area contributed by atoms with Gasteiger partial charge in [0.15, 0.2) is 0 Å². The molecule has 144 valence electrons. The van der Waals surface area contributed by atoms with Crippen LogP contribution in [-0.2, 0) is 0 Å². The highest BCUT2D eigenvalue weighted by molar-refractivity contribution is 5.54. The first-order valence-corrected chi connectivity index (χ1v) is 10.1. The van der Waals surface area contributed by atoms with Crippen molar-refractivity contribution in [1.82, 2.24) is 0 Å². The fourth-order valence-corrected chi connectivity index (χ4v) is 4.81. The Balaban J connectivity index is 2.22. The molecule has 2 heteroatoms. The number of hydrogen-bond acceptors (Lipinski definition) is 2. The van der Waals surface area contributed by atoms with Crippen molar-refractivity contribution in [1.29, 1.82) is 0 Å². The SMILES string of the molecule is CC=C1CCCC(C(c2cc(C)cc(C)c2O)c2cc(C)cc(C)c2O)C1. The number of phenols is 2. The smallest absolute Gasteiger partial charge is 0.122 e. The minimum absolute atomic E-state index is 0.00236. The van der Waals surface area contributed by atoms with Crippen LogP contribution in [0.2, 0.25) is 0 Å². The van der Waals surface area contributed by atoms with Crippen molar-refractivity contribution in [2.45, 2.75) is 66.2 Å². The van der Waals surface area contributed by atoms with Crippen LogP contribution < -0.4 is 0 Å². The van der Waals surface area contributed by atoms with Gasteiger partial charge in [-0.15, -0.1) is 0 Å². The van der Waals surface area contributed by atoms with Crippen LogP contribution >= 0.6 is 0 Å². The minimum Gasteiger partial charge on any atom is -0.507 e. The quantitative estimate of drug-likeness (QED) is 0.602. The van der Waals surface area contributed by atoms with Crippen molar-refractivity contribution in [3.63, 3.8) is 0 Å². The third-order valence-electron chi connectivity index (χ3n) is 6.10. The zero-order valence-corrected chi connectivity index (χ0v) is 17.3. The summed E-state index contributed by atoms with van der Waals surface area (Å²) in [6, 6.07) is 8.26. The van der Waals surface area contributed by atoms with Gasteiger partial charge in [0.1, 0.15) is 11.5 Å². The predicted molar refractivity (Wildman–Crippen MR) is 113 cm³/mol. The first-order chi connectivity index (χ1) is 12.8. The molecule has 1 aliphatic carbocycles. The first kappa shape index (κ1) is 19.5. The molecule has 0 spiro atoms. The van der Waals surface area contributed by atoms with Gasteiger partial charge in [0, 0.05) is 17.0 Å². The number of aromatic hydroxyl groups is 2. The summed E-state index contributed by atoms with van der Waals surface area (Å²) in [7, 11) is 0. The van der Waals surface area contributed by atoms with Gasteiger partial charge in [-0.05, 0) is 77.3 Å². The average Bonchev–Trinajstić information content (AvgIpc) is 2.63. The maximum atomic E-state index is 10.9. The molecule has 1 unspecified atom stereocenters. The molecule has 3 rings (SSSR count). The van der Waals surface area contributed by atoms with Crippen LogP contribution in [0.15, 0.2) is 35.9 Å². The highest BCUT2D eigenvalue weighted by Gasteiger charge is 2.32. The zero-order chi connectivity index (χ0) is 19.7. The predicted octanol–water partition coefficient (Wildman–Crippen LogP) is 6.60. The highest BCUT2D eigenvalue weighted by Crippen LogP contribution is 2.48. The lowest BCUT2D eigenvalue weighted by Gasteiger charge is -2.34. The molecule has 1 saturated carbocycles. The molecule has 0 heterocycles. The fourth-order valence-electron chi connectivity index (χ4n) is 4.81. The molecule has 0 aliphatic heterocycles. The highest BCUT2D eigenvalue weighted by atomic mass is 16.3. The van der Waals surface area contributed by atoms with E-state index in [2.05, 4.69) is 39.0 Å². The summed E-state index contributed by atoms with van der Waals surface area (Å²) in [5.41, 5.74) is 7.50. The Kier molecular flexibility index (Phi) is 5.64. The van der Waals surface area contributed by atoms with Gasteiger partial charge in [0.2, 0.25) is 0 Å². The van der Waals surface area contributed by atoms with Crippen LogP contribution in [0.25, 0.3) is 0 Å². The van der Waals surface area contributed by atoms with Gasteiger partial charge in [-0.2, -0.15) is 0 Å². The van der Waals surface area contributed by atoms with Crippen LogP contribution in [0, 0.1) is 33.6 Å². The molecule has 2 aromatic rings. The second-order valence-electron chi connectivity index (χ2n) is 8.32. The molecule has 1 fully saturated rings. The largest absolute Gasteiger partial charge is 0.507 e. The topological polar surface area (TPSA) is 40.5 Å². The average molecular weight is 365 g/mol. The van der Waals surface area contributed by atoms with Crippen LogP contribution in [0.5, 0.6) is 11.5 Å². The van der Waals surface area contributed by atoms with Crippen LogP contribution in [0.3, 0.4) is 0 Å². The lowest BCUT2D eigenvalue weighted by Crippen LogP contribution is -2.20. The lowest BCUT2D eigenvalue weighted by molar-refractivity contribution is 0.358. The molecule has 27 heavy (non-hydrogen) atoms. The van der Waals surface area contributed by atoms with Gasteiger partial charge in [0.05, 0.1) is 0 Å². The van der Waals surface area contributed by atoms with Gasteiger partial charge in [-0.1, -0.05) is 47.0 Å². The normalized spacial score (nSPS) is 19.0. The van der Waals surface area contributed by atoms with E-state index in [1.807, 2.05) is 26.0 Å². The number of phenolic OH excluding ortho intramolecular Hbond substituents is 2.